The number of piperidine rings is 1. The number of nitrogens with zero attached hydrogens (tertiary/aromatic N) is 1. The second-order valence-electron chi connectivity index (χ2n) is 6.19. The maximum Gasteiger partial charge on any atom is 0.243 e. The van der Waals surface area contributed by atoms with Gasteiger partial charge in [0.1, 0.15) is 0 Å². The van der Waals surface area contributed by atoms with Crippen molar-refractivity contribution in [1.82, 2.24) is 4.31 Å². The minimum absolute atomic E-state index is 0.105. The van der Waals surface area contributed by atoms with Gasteiger partial charge in [-0.3, -0.25) is 4.79 Å². The molecular formula is C16H21ClN2O5S. The van der Waals surface area contributed by atoms with Gasteiger partial charge in [-0.2, -0.15) is 4.31 Å². The van der Waals surface area contributed by atoms with Gasteiger partial charge in [0, 0.05) is 32.9 Å². The molecule has 0 aliphatic carbocycles. The van der Waals surface area contributed by atoms with Crippen LogP contribution in [0.5, 0.6) is 0 Å². The van der Waals surface area contributed by atoms with Crippen LogP contribution in [0.25, 0.3) is 0 Å². The summed E-state index contributed by atoms with van der Waals surface area (Å²) in [6.45, 7) is 3.31. The molecule has 1 amide bonds. The molecule has 2 fully saturated rings. The number of hydrogen-bond acceptors (Lipinski definition) is 5. The SMILES string of the molecule is CC(=O)Nc1ccc(S(=O)(=O)N2CCC3(CC2)OCCCO3)cc1Cl. The fraction of sp³-hybridized carbons (Fsp3) is 0.562. The Balaban J connectivity index is 1.74. The normalized spacial score (nSPS) is 21.2. The molecule has 0 unspecified atom stereocenters. The van der Waals surface area contributed by atoms with Crippen molar-refractivity contribution in [2.45, 2.75) is 36.9 Å². The van der Waals surface area contributed by atoms with E-state index in [1.807, 2.05) is 0 Å². The van der Waals surface area contributed by atoms with Gasteiger partial charge in [0.2, 0.25) is 15.9 Å². The molecule has 25 heavy (non-hydrogen) atoms. The van der Waals surface area contributed by atoms with Crippen molar-refractivity contribution in [1.29, 1.82) is 0 Å². The highest BCUT2D eigenvalue weighted by Gasteiger charge is 2.41. The van der Waals surface area contributed by atoms with Crippen molar-refractivity contribution >= 4 is 33.2 Å². The summed E-state index contributed by atoms with van der Waals surface area (Å²) in [7, 11) is -3.66. The largest absolute Gasteiger partial charge is 0.350 e. The topological polar surface area (TPSA) is 84.9 Å². The maximum atomic E-state index is 12.8. The number of hydrogen-bond donors (Lipinski definition) is 1. The molecule has 1 aromatic rings. The summed E-state index contributed by atoms with van der Waals surface area (Å²) in [5.41, 5.74) is 0.384. The van der Waals surface area contributed by atoms with Crippen LogP contribution in [-0.2, 0) is 24.3 Å². The molecular weight excluding hydrogens is 368 g/mol. The van der Waals surface area contributed by atoms with Crippen molar-refractivity contribution in [2.24, 2.45) is 0 Å². The van der Waals surface area contributed by atoms with Crippen molar-refractivity contribution in [3.8, 4) is 0 Å². The second-order valence-corrected chi connectivity index (χ2v) is 8.53. The van der Waals surface area contributed by atoms with Crippen LogP contribution >= 0.6 is 11.6 Å². The Morgan fingerprint density at radius 2 is 1.88 bits per heavy atom. The average Bonchev–Trinajstić information content (AvgIpc) is 2.57. The lowest BCUT2D eigenvalue weighted by atomic mass is 10.0. The number of amides is 1. The van der Waals surface area contributed by atoms with Crippen LogP contribution < -0.4 is 5.32 Å². The lowest BCUT2D eigenvalue weighted by Crippen LogP contribution is -2.51. The minimum atomic E-state index is -3.66. The van der Waals surface area contributed by atoms with E-state index >= 15 is 0 Å². The van der Waals surface area contributed by atoms with E-state index in [9.17, 15) is 13.2 Å². The Kier molecular flexibility index (Phi) is 5.36. The molecule has 0 radical (unpaired) electrons. The van der Waals surface area contributed by atoms with E-state index in [-0.39, 0.29) is 15.8 Å². The first kappa shape index (κ1) is 18.6. The zero-order chi connectivity index (χ0) is 18.1. The number of carbonyl (C=O) groups is 1. The first-order chi connectivity index (χ1) is 11.8. The van der Waals surface area contributed by atoms with Gasteiger partial charge in [-0.05, 0) is 24.6 Å². The van der Waals surface area contributed by atoms with Crippen LogP contribution in [0.3, 0.4) is 0 Å². The van der Waals surface area contributed by atoms with Gasteiger partial charge < -0.3 is 14.8 Å². The van der Waals surface area contributed by atoms with E-state index in [1.54, 1.807) is 0 Å². The zero-order valence-electron chi connectivity index (χ0n) is 14.0. The molecule has 2 aliphatic heterocycles. The van der Waals surface area contributed by atoms with Crippen LogP contribution in [-0.4, -0.2) is 50.7 Å². The van der Waals surface area contributed by atoms with Gasteiger partial charge in [-0.15, -0.1) is 0 Å². The van der Waals surface area contributed by atoms with Crippen LogP contribution in [0.1, 0.15) is 26.2 Å². The molecule has 0 saturated carbocycles. The number of carbonyl (C=O) groups excluding carboxylic acids is 1. The van der Waals surface area contributed by atoms with Crippen molar-refractivity contribution in [2.75, 3.05) is 31.6 Å². The molecule has 1 aromatic carbocycles. The molecule has 0 bridgehead atoms. The summed E-state index contributed by atoms with van der Waals surface area (Å²) in [4.78, 5) is 11.2. The number of rotatable bonds is 3. The highest BCUT2D eigenvalue weighted by Crippen LogP contribution is 2.34. The summed E-state index contributed by atoms with van der Waals surface area (Å²) >= 11 is 6.10. The fourth-order valence-electron chi connectivity index (χ4n) is 3.07. The van der Waals surface area contributed by atoms with E-state index in [0.717, 1.165) is 6.42 Å². The lowest BCUT2D eigenvalue weighted by Gasteiger charge is -2.42. The standard InChI is InChI=1S/C16H21ClN2O5S/c1-12(20)18-15-4-3-13(11-14(15)17)25(21,22)19-7-5-16(6-8-19)23-9-2-10-24-16/h3-4,11H,2,5-10H2,1H3,(H,18,20). The van der Waals surface area contributed by atoms with Gasteiger partial charge in [0.15, 0.2) is 5.79 Å². The van der Waals surface area contributed by atoms with Crippen molar-refractivity contribution < 1.29 is 22.7 Å². The Labute approximate surface area is 152 Å². The number of sulfonamides is 1. The fourth-order valence-corrected chi connectivity index (χ4v) is 4.83. The molecule has 0 aromatic heterocycles. The molecule has 1 N–H and O–H groups in total. The second kappa shape index (κ2) is 7.20. The van der Waals surface area contributed by atoms with Crippen molar-refractivity contribution in [3.63, 3.8) is 0 Å². The highest BCUT2D eigenvalue weighted by molar-refractivity contribution is 7.89. The summed E-state index contributed by atoms with van der Waals surface area (Å²) in [5.74, 6) is -0.914. The Bertz CT molecular complexity index is 752. The van der Waals surface area contributed by atoms with Crippen LogP contribution in [0.15, 0.2) is 23.1 Å². The van der Waals surface area contributed by atoms with Crippen LogP contribution in [0.4, 0.5) is 5.69 Å². The number of anilines is 1. The third-order valence-electron chi connectivity index (χ3n) is 4.39. The zero-order valence-corrected chi connectivity index (χ0v) is 15.5. The Morgan fingerprint density at radius 1 is 1.24 bits per heavy atom. The predicted octanol–water partition coefficient (Wildman–Crippen LogP) is 2.22. The molecule has 7 nitrogen and oxygen atoms in total. The molecule has 3 rings (SSSR count). The number of benzene rings is 1. The summed E-state index contributed by atoms with van der Waals surface area (Å²) in [5, 5.41) is 2.74. The maximum absolute atomic E-state index is 12.8. The molecule has 2 aliphatic rings. The third-order valence-corrected chi connectivity index (χ3v) is 6.60. The summed E-state index contributed by atoms with van der Waals surface area (Å²) < 4.78 is 38.6. The van der Waals surface area contributed by atoms with E-state index in [0.29, 0.717) is 44.8 Å². The van der Waals surface area contributed by atoms with E-state index in [2.05, 4.69) is 5.32 Å². The Hall–Kier alpha value is -1.19. The quantitative estimate of drug-likeness (QED) is 0.858. The number of nitrogens with one attached hydrogen (secondary N) is 1. The third kappa shape index (κ3) is 3.98. The molecule has 1 spiro atoms. The summed E-state index contributed by atoms with van der Waals surface area (Å²) in [6, 6.07) is 4.31. The number of halogens is 1. The minimum Gasteiger partial charge on any atom is -0.350 e. The van der Waals surface area contributed by atoms with Crippen molar-refractivity contribution in [3.05, 3.63) is 23.2 Å². The van der Waals surface area contributed by atoms with Crippen LogP contribution in [0, 0.1) is 0 Å². The Morgan fingerprint density at radius 3 is 2.44 bits per heavy atom. The lowest BCUT2D eigenvalue weighted by molar-refractivity contribution is -0.280. The monoisotopic (exact) mass is 388 g/mol. The van der Waals surface area contributed by atoms with Crippen LogP contribution in [0.2, 0.25) is 5.02 Å². The molecule has 2 heterocycles. The van der Waals surface area contributed by atoms with Gasteiger partial charge in [0.05, 0.1) is 28.8 Å². The van der Waals surface area contributed by atoms with E-state index in [4.69, 9.17) is 21.1 Å². The molecule has 138 valence electrons. The van der Waals surface area contributed by atoms with Gasteiger partial charge in [-0.25, -0.2) is 8.42 Å². The van der Waals surface area contributed by atoms with Gasteiger partial charge in [-0.1, -0.05) is 11.6 Å². The first-order valence-corrected chi connectivity index (χ1v) is 9.99. The average molecular weight is 389 g/mol. The number of ether oxygens (including phenoxy) is 2. The van der Waals surface area contributed by atoms with Gasteiger partial charge in [0.25, 0.3) is 0 Å². The predicted molar refractivity (Wildman–Crippen MR) is 93.0 cm³/mol. The first-order valence-electron chi connectivity index (χ1n) is 8.18. The molecule has 9 heteroatoms. The van der Waals surface area contributed by atoms with E-state index in [1.165, 1.54) is 29.4 Å². The van der Waals surface area contributed by atoms with E-state index < -0.39 is 15.8 Å². The molecule has 2 saturated heterocycles. The highest BCUT2D eigenvalue weighted by atomic mass is 35.5. The summed E-state index contributed by atoms with van der Waals surface area (Å²) in [6.07, 6.45) is 1.87. The smallest absolute Gasteiger partial charge is 0.243 e. The van der Waals surface area contributed by atoms with Gasteiger partial charge >= 0.3 is 0 Å². The molecule has 0 atom stereocenters.